The molecule has 1 aromatic heterocycles. The van der Waals surface area contributed by atoms with Gasteiger partial charge in [0.25, 0.3) is 6.43 Å². The normalized spacial score (nSPS) is 10.6. The molecular formula is C9H10F2N2O3. The second-order valence-electron chi connectivity index (χ2n) is 2.88. The number of pyridine rings is 1. The number of ether oxygens (including phenoxy) is 1. The SMILES string of the molecule is COc1c(C(F)F)cnc(CN)c1C(=O)O. The minimum atomic E-state index is -2.85. The number of carboxylic acid groups (broad SMARTS) is 1. The molecule has 0 unspecified atom stereocenters. The molecule has 7 heteroatoms. The fourth-order valence-corrected chi connectivity index (χ4v) is 1.30. The van der Waals surface area contributed by atoms with E-state index in [-0.39, 0.29) is 12.2 Å². The molecule has 0 aliphatic rings. The van der Waals surface area contributed by atoms with E-state index >= 15 is 0 Å². The van der Waals surface area contributed by atoms with Crippen molar-refractivity contribution in [3.63, 3.8) is 0 Å². The molecule has 3 N–H and O–H groups in total. The summed E-state index contributed by atoms with van der Waals surface area (Å²) in [6.07, 6.45) is -1.98. The van der Waals surface area contributed by atoms with Gasteiger partial charge >= 0.3 is 5.97 Å². The lowest BCUT2D eigenvalue weighted by atomic mass is 10.1. The summed E-state index contributed by atoms with van der Waals surface area (Å²) < 4.78 is 29.8. The Balaban J connectivity index is 3.49. The van der Waals surface area contributed by atoms with Crippen LogP contribution in [0.5, 0.6) is 5.75 Å². The van der Waals surface area contributed by atoms with Crippen LogP contribution >= 0.6 is 0 Å². The highest BCUT2D eigenvalue weighted by Gasteiger charge is 2.24. The molecule has 0 aliphatic carbocycles. The predicted molar refractivity (Wildman–Crippen MR) is 50.6 cm³/mol. The molecule has 0 saturated heterocycles. The van der Waals surface area contributed by atoms with Gasteiger partial charge in [0.2, 0.25) is 0 Å². The van der Waals surface area contributed by atoms with Crippen LogP contribution in [-0.4, -0.2) is 23.2 Å². The number of methoxy groups -OCH3 is 1. The van der Waals surface area contributed by atoms with E-state index in [1.165, 1.54) is 0 Å². The zero-order valence-electron chi connectivity index (χ0n) is 8.41. The number of rotatable bonds is 4. The smallest absolute Gasteiger partial charge is 0.341 e. The van der Waals surface area contributed by atoms with Gasteiger partial charge in [0.15, 0.2) is 0 Å². The third kappa shape index (κ3) is 2.08. The topological polar surface area (TPSA) is 85.4 Å². The number of carbonyl (C=O) groups is 1. The molecule has 0 aromatic carbocycles. The molecule has 0 spiro atoms. The average Bonchev–Trinajstić information content (AvgIpc) is 2.26. The molecule has 0 bridgehead atoms. The van der Waals surface area contributed by atoms with Gasteiger partial charge in [-0.15, -0.1) is 0 Å². The highest BCUT2D eigenvalue weighted by molar-refractivity contribution is 5.92. The number of aromatic nitrogens is 1. The van der Waals surface area contributed by atoms with Gasteiger partial charge in [-0.05, 0) is 0 Å². The van der Waals surface area contributed by atoms with Crippen LogP contribution in [0.15, 0.2) is 6.20 Å². The minimum absolute atomic E-state index is 0.00810. The molecule has 0 aliphatic heterocycles. The van der Waals surface area contributed by atoms with Gasteiger partial charge in [0.1, 0.15) is 11.3 Å². The molecule has 1 aromatic rings. The van der Waals surface area contributed by atoms with E-state index in [4.69, 9.17) is 10.8 Å². The van der Waals surface area contributed by atoms with Crippen LogP contribution < -0.4 is 10.5 Å². The summed E-state index contributed by atoms with van der Waals surface area (Å²) >= 11 is 0. The number of carboxylic acids is 1. The molecule has 5 nitrogen and oxygen atoms in total. The van der Waals surface area contributed by atoms with Crippen molar-refractivity contribution in [2.24, 2.45) is 5.73 Å². The van der Waals surface area contributed by atoms with E-state index in [0.29, 0.717) is 0 Å². The number of alkyl halides is 2. The maximum Gasteiger partial charge on any atom is 0.341 e. The van der Waals surface area contributed by atoms with Crippen LogP contribution in [-0.2, 0) is 6.54 Å². The Morgan fingerprint density at radius 2 is 2.31 bits per heavy atom. The number of halogens is 2. The Morgan fingerprint density at radius 3 is 2.69 bits per heavy atom. The molecule has 0 atom stereocenters. The molecule has 0 saturated carbocycles. The summed E-state index contributed by atoms with van der Waals surface area (Å²) in [5.74, 6) is -1.79. The van der Waals surface area contributed by atoms with Crippen LogP contribution in [0.3, 0.4) is 0 Å². The van der Waals surface area contributed by atoms with E-state index in [1.54, 1.807) is 0 Å². The maximum absolute atomic E-state index is 12.5. The lowest BCUT2D eigenvalue weighted by molar-refractivity contribution is 0.0690. The minimum Gasteiger partial charge on any atom is -0.495 e. The highest BCUT2D eigenvalue weighted by atomic mass is 19.3. The molecule has 16 heavy (non-hydrogen) atoms. The first-order valence-corrected chi connectivity index (χ1v) is 4.30. The van der Waals surface area contributed by atoms with E-state index in [2.05, 4.69) is 9.72 Å². The summed E-state index contributed by atoms with van der Waals surface area (Å²) in [4.78, 5) is 14.5. The largest absolute Gasteiger partial charge is 0.495 e. The van der Waals surface area contributed by atoms with Gasteiger partial charge in [-0.3, -0.25) is 4.98 Å². The third-order valence-electron chi connectivity index (χ3n) is 1.98. The number of aromatic carboxylic acids is 1. The molecule has 0 fully saturated rings. The van der Waals surface area contributed by atoms with Crippen LogP contribution in [0.25, 0.3) is 0 Å². The van der Waals surface area contributed by atoms with Gasteiger partial charge in [-0.2, -0.15) is 0 Å². The Morgan fingerprint density at radius 1 is 1.69 bits per heavy atom. The van der Waals surface area contributed by atoms with E-state index in [9.17, 15) is 13.6 Å². The Bertz CT molecular complexity index is 410. The molecular weight excluding hydrogens is 222 g/mol. The van der Waals surface area contributed by atoms with Crippen LogP contribution in [0, 0.1) is 0 Å². The Hall–Kier alpha value is -1.76. The van der Waals surface area contributed by atoms with E-state index in [0.717, 1.165) is 13.3 Å². The number of hydrogen-bond acceptors (Lipinski definition) is 4. The second-order valence-corrected chi connectivity index (χ2v) is 2.88. The van der Waals surface area contributed by atoms with Gasteiger partial charge in [0.05, 0.1) is 18.4 Å². The summed E-state index contributed by atoms with van der Waals surface area (Å²) in [5, 5.41) is 8.89. The van der Waals surface area contributed by atoms with Gasteiger partial charge in [-0.1, -0.05) is 0 Å². The number of nitrogens with two attached hydrogens (primary N) is 1. The molecule has 1 heterocycles. The second kappa shape index (κ2) is 4.84. The van der Waals surface area contributed by atoms with Gasteiger partial charge in [-0.25, -0.2) is 13.6 Å². The van der Waals surface area contributed by atoms with Crippen molar-refractivity contribution in [3.8, 4) is 5.75 Å². The van der Waals surface area contributed by atoms with Crippen molar-refractivity contribution in [1.82, 2.24) is 4.98 Å². The van der Waals surface area contributed by atoms with Gasteiger partial charge in [0, 0.05) is 12.7 Å². The Labute approximate surface area is 89.9 Å². The summed E-state index contributed by atoms with van der Waals surface area (Å²) in [6, 6.07) is 0. The highest BCUT2D eigenvalue weighted by Crippen LogP contribution is 2.32. The van der Waals surface area contributed by atoms with Gasteiger partial charge < -0.3 is 15.6 Å². The first kappa shape index (κ1) is 12.3. The zero-order valence-corrected chi connectivity index (χ0v) is 8.41. The molecule has 1 rings (SSSR count). The summed E-state index contributed by atoms with van der Waals surface area (Å²) in [7, 11) is 1.12. The van der Waals surface area contributed by atoms with Crippen molar-refractivity contribution >= 4 is 5.97 Å². The monoisotopic (exact) mass is 232 g/mol. The van der Waals surface area contributed by atoms with Crippen LogP contribution in [0.2, 0.25) is 0 Å². The van der Waals surface area contributed by atoms with Crippen molar-refractivity contribution in [2.45, 2.75) is 13.0 Å². The quantitative estimate of drug-likeness (QED) is 0.814. The standard InChI is InChI=1S/C9H10F2N2O3/c1-16-7-4(8(10)11)3-13-5(2-12)6(7)9(14)15/h3,8H,2,12H2,1H3,(H,14,15). The number of hydrogen-bond donors (Lipinski definition) is 2. The van der Waals surface area contributed by atoms with E-state index in [1.807, 2.05) is 0 Å². The van der Waals surface area contributed by atoms with Crippen molar-refractivity contribution < 1.29 is 23.4 Å². The lowest BCUT2D eigenvalue weighted by Crippen LogP contribution is -2.13. The number of nitrogens with zero attached hydrogens (tertiary/aromatic N) is 1. The Kier molecular flexibility index (Phi) is 3.73. The first-order valence-electron chi connectivity index (χ1n) is 4.30. The maximum atomic E-state index is 12.5. The predicted octanol–water partition coefficient (Wildman–Crippen LogP) is 1.18. The van der Waals surface area contributed by atoms with Crippen molar-refractivity contribution in [2.75, 3.05) is 7.11 Å². The molecule has 0 amide bonds. The average molecular weight is 232 g/mol. The summed E-state index contributed by atoms with van der Waals surface area (Å²) in [6.45, 7) is -0.165. The van der Waals surface area contributed by atoms with E-state index < -0.39 is 29.3 Å². The van der Waals surface area contributed by atoms with Crippen molar-refractivity contribution in [1.29, 1.82) is 0 Å². The molecule has 0 radical (unpaired) electrons. The van der Waals surface area contributed by atoms with Crippen molar-refractivity contribution in [3.05, 3.63) is 23.0 Å². The van der Waals surface area contributed by atoms with Crippen LogP contribution in [0.1, 0.15) is 28.0 Å². The zero-order chi connectivity index (χ0) is 12.3. The third-order valence-corrected chi connectivity index (χ3v) is 1.98. The first-order chi connectivity index (χ1) is 7.52. The fraction of sp³-hybridized carbons (Fsp3) is 0.333. The molecule has 88 valence electrons. The summed E-state index contributed by atoms with van der Waals surface area (Å²) in [5.41, 5.74) is 4.31. The van der Waals surface area contributed by atoms with Crippen LogP contribution in [0.4, 0.5) is 8.78 Å². The lowest BCUT2D eigenvalue weighted by Gasteiger charge is -2.12. The fourth-order valence-electron chi connectivity index (χ4n) is 1.30.